The maximum atomic E-state index is 3.78. The van der Waals surface area contributed by atoms with E-state index < -0.39 is 0 Å². The third-order valence-electron chi connectivity index (χ3n) is 4.14. The van der Waals surface area contributed by atoms with Gasteiger partial charge in [0, 0.05) is 18.6 Å². The number of rotatable bonds is 4. The Balaban J connectivity index is 1.63. The topological polar surface area (TPSA) is 15.3 Å². The van der Waals surface area contributed by atoms with Crippen molar-refractivity contribution in [1.82, 2.24) is 10.2 Å². The van der Waals surface area contributed by atoms with Gasteiger partial charge in [0.1, 0.15) is 0 Å². The van der Waals surface area contributed by atoms with Crippen molar-refractivity contribution >= 4 is 0 Å². The molecule has 0 aromatic heterocycles. The molecule has 2 fully saturated rings. The van der Waals surface area contributed by atoms with Crippen LogP contribution in [0, 0.1) is 0 Å². The fourth-order valence-corrected chi connectivity index (χ4v) is 3.03. The second kappa shape index (κ2) is 5.31. The molecule has 88 valence electrons. The molecule has 0 spiro atoms. The monoisotopic (exact) mass is 210 g/mol. The zero-order valence-electron chi connectivity index (χ0n) is 10.2. The molecule has 0 aromatic carbocycles. The van der Waals surface area contributed by atoms with E-state index in [1.54, 1.807) is 0 Å². The number of nitrogens with one attached hydrogen (secondary N) is 1. The molecule has 0 amide bonds. The van der Waals surface area contributed by atoms with Crippen LogP contribution < -0.4 is 5.32 Å². The van der Waals surface area contributed by atoms with Crippen molar-refractivity contribution < 1.29 is 0 Å². The normalized spacial score (nSPS) is 27.0. The standard InChI is InChI=1S/C13H26N2/c1-13(7-3-2-4-8-13)14-9-12-15-10-5-6-11-15/h14H,2-12H2,1H3. The Morgan fingerprint density at radius 2 is 1.67 bits per heavy atom. The van der Waals surface area contributed by atoms with Crippen molar-refractivity contribution in [3.63, 3.8) is 0 Å². The second-order valence-electron chi connectivity index (χ2n) is 5.60. The summed E-state index contributed by atoms with van der Waals surface area (Å²) in [7, 11) is 0. The molecule has 1 aliphatic carbocycles. The Labute approximate surface area is 94.4 Å². The van der Waals surface area contributed by atoms with Crippen LogP contribution in [0.25, 0.3) is 0 Å². The summed E-state index contributed by atoms with van der Waals surface area (Å²) in [6, 6.07) is 0. The molecule has 0 radical (unpaired) electrons. The van der Waals surface area contributed by atoms with E-state index in [9.17, 15) is 0 Å². The molecule has 1 saturated carbocycles. The van der Waals surface area contributed by atoms with Crippen molar-refractivity contribution in [2.75, 3.05) is 26.2 Å². The molecule has 1 N–H and O–H groups in total. The highest BCUT2D eigenvalue weighted by molar-refractivity contribution is 4.86. The van der Waals surface area contributed by atoms with Crippen LogP contribution in [0.4, 0.5) is 0 Å². The van der Waals surface area contributed by atoms with Gasteiger partial charge in [0.15, 0.2) is 0 Å². The molecular weight excluding hydrogens is 184 g/mol. The maximum Gasteiger partial charge on any atom is 0.0153 e. The van der Waals surface area contributed by atoms with Crippen LogP contribution in [-0.2, 0) is 0 Å². The van der Waals surface area contributed by atoms with E-state index in [-0.39, 0.29) is 0 Å². The molecular formula is C13H26N2. The molecule has 1 saturated heterocycles. The molecule has 0 unspecified atom stereocenters. The average molecular weight is 210 g/mol. The molecule has 2 heteroatoms. The molecule has 1 aliphatic heterocycles. The fourth-order valence-electron chi connectivity index (χ4n) is 3.03. The number of hydrogen-bond donors (Lipinski definition) is 1. The van der Waals surface area contributed by atoms with Crippen LogP contribution >= 0.6 is 0 Å². The van der Waals surface area contributed by atoms with Gasteiger partial charge in [-0.25, -0.2) is 0 Å². The quantitative estimate of drug-likeness (QED) is 0.766. The predicted molar refractivity (Wildman–Crippen MR) is 65.2 cm³/mol. The maximum absolute atomic E-state index is 3.78. The molecule has 0 bridgehead atoms. The van der Waals surface area contributed by atoms with Crippen molar-refractivity contribution in [1.29, 1.82) is 0 Å². The van der Waals surface area contributed by atoms with Crippen LogP contribution in [0.3, 0.4) is 0 Å². The minimum Gasteiger partial charge on any atom is -0.310 e. The lowest BCUT2D eigenvalue weighted by atomic mass is 9.83. The SMILES string of the molecule is CC1(NCCN2CCCC2)CCCCC1. The highest BCUT2D eigenvalue weighted by atomic mass is 15.2. The molecule has 15 heavy (non-hydrogen) atoms. The Kier molecular flexibility index (Phi) is 4.04. The highest BCUT2D eigenvalue weighted by Gasteiger charge is 2.25. The molecule has 2 nitrogen and oxygen atoms in total. The highest BCUT2D eigenvalue weighted by Crippen LogP contribution is 2.27. The van der Waals surface area contributed by atoms with E-state index in [0.29, 0.717) is 5.54 Å². The van der Waals surface area contributed by atoms with Crippen LogP contribution in [-0.4, -0.2) is 36.6 Å². The number of hydrogen-bond acceptors (Lipinski definition) is 2. The van der Waals surface area contributed by atoms with Gasteiger partial charge in [-0.15, -0.1) is 0 Å². The minimum absolute atomic E-state index is 0.456. The summed E-state index contributed by atoms with van der Waals surface area (Å²) in [5.41, 5.74) is 0.456. The Morgan fingerprint density at radius 3 is 2.33 bits per heavy atom. The van der Waals surface area contributed by atoms with Gasteiger partial charge in [-0.1, -0.05) is 19.3 Å². The van der Waals surface area contributed by atoms with E-state index in [0.717, 1.165) is 0 Å². The predicted octanol–water partition coefficient (Wildman–Crippen LogP) is 2.39. The lowest BCUT2D eigenvalue weighted by molar-refractivity contribution is 0.236. The second-order valence-corrected chi connectivity index (χ2v) is 5.60. The average Bonchev–Trinajstić information content (AvgIpc) is 2.71. The molecule has 1 heterocycles. The zero-order valence-corrected chi connectivity index (χ0v) is 10.2. The smallest absolute Gasteiger partial charge is 0.0153 e. The Morgan fingerprint density at radius 1 is 1.00 bits per heavy atom. The van der Waals surface area contributed by atoms with Crippen LogP contribution in [0.5, 0.6) is 0 Å². The lowest BCUT2D eigenvalue weighted by Gasteiger charge is -2.35. The number of nitrogens with zero attached hydrogens (tertiary/aromatic N) is 1. The van der Waals surface area contributed by atoms with Crippen molar-refractivity contribution in [3.8, 4) is 0 Å². The van der Waals surface area contributed by atoms with E-state index in [1.165, 1.54) is 71.1 Å². The van der Waals surface area contributed by atoms with Gasteiger partial charge < -0.3 is 10.2 Å². The van der Waals surface area contributed by atoms with Gasteiger partial charge in [0.25, 0.3) is 0 Å². The van der Waals surface area contributed by atoms with Crippen molar-refractivity contribution in [3.05, 3.63) is 0 Å². The molecule has 0 atom stereocenters. The van der Waals surface area contributed by atoms with Crippen LogP contribution in [0.15, 0.2) is 0 Å². The fraction of sp³-hybridized carbons (Fsp3) is 1.00. The van der Waals surface area contributed by atoms with Crippen LogP contribution in [0.2, 0.25) is 0 Å². The van der Waals surface area contributed by atoms with Gasteiger partial charge >= 0.3 is 0 Å². The summed E-state index contributed by atoms with van der Waals surface area (Å²) in [6.45, 7) is 7.53. The van der Waals surface area contributed by atoms with Gasteiger partial charge in [0.05, 0.1) is 0 Å². The first-order valence-electron chi connectivity index (χ1n) is 6.76. The van der Waals surface area contributed by atoms with Gasteiger partial charge in [-0.05, 0) is 45.7 Å². The first-order valence-corrected chi connectivity index (χ1v) is 6.76. The minimum atomic E-state index is 0.456. The zero-order chi connectivity index (χ0) is 10.6. The summed E-state index contributed by atoms with van der Waals surface area (Å²) >= 11 is 0. The largest absolute Gasteiger partial charge is 0.310 e. The Hall–Kier alpha value is -0.0800. The van der Waals surface area contributed by atoms with Crippen molar-refractivity contribution in [2.45, 2.75) is 57.4 Å². The third-order valence-corrected chi connectivity index (χ3v) is 4.14. The van der Waals surface area contributed by atoms with E-state index in [2.05, 4.69) is 17.1 Å². The van der Waals surface area contributed by atoms with Gasteiger partial charge in [-0.3, -0.25) is 0 Å². The first-order chi connectivity index (χ1) is 7.29. The van der Waals surface area contributed by atoms with E-state index in [4.69, 9.17) is 0 Å². The summed E-state index contributed by atoms with van der Waals surface area (Å²) in [6.07, 6.45) is 9.89. The van der Waals surface area contributed by atoms with Crippen LogP contribution in [0.1, 0.15) is 51.9 Å². The summed E-state index contributed by atoms with van der Waals surface area (Å²) in [5.74, 6) is 0. The lowest BCUT2D eigenvalue weighted by Crippen LogP contribution is -2.46. The summed E-state index contributed by atoms with van der Waals surface area (Å²) in [4.78, 5) is 2.60. The van der Waals surface area contributed by atoms with E-state index in [1.807, 2.05) is 0 Å². The summed E-state index contributed by atoms with van der Waals surface area (Å²) < 4.78 is 0. The molecule has 0 aromatic rings. The van der Waals surface area contributed by atoms with E-state index >= 15 is 0 Å². The van der Waals surface area contributed by atoms with Gasteiger partial charge in [0.2, 0.25) is 0 Å². The third kappa shape index (κ3) is 3.46. The number of likely N-dealkylation sites (tertiary alicyclic amines) is 1. The Bertz CT molecular complexity index is 179. The van der Waals surface area contributed by atoms with Gasteiger partial charge in [-0.2, -0.15) is 0 Å². The first kappa shape index (κ1) is 11.4. The van der Waals surface area contributed by atoms with Crippen molar-refractivity contribution in [2.24, 2.45) is 0 Å². The molecule has 2 rings (SSSR count). The summed E-state index contributed by atoms with van der Waals surface area (Å²) in [5, 5.41) is 3.78. The molecule has 2 aliphatic rings.